The molecule has 2 aliphatic heterocycles. The van der Waals surface area contributed by atoms with Crippen LogP contribution in [0.3, 0.4) is 0 Å². The zero-order chi connectivity index (χ0) is 25.0. The Kier molecular flexibility index (Phi) is 5.80. The first kappa shape index (κ1) is 23.7. The molecule has 3 aromatic rings. The normalized spacial score (nSPS) is 24.4. The fourth-order valence-corrected chi connectivity index (χ4v) is 4.14. The summed E-state index contributed by atoms with van der Waals surface area (Å²) in [6.45, 7) is -0.968. The molecule has 0 amide bonds. The van der Waals surface area contributed by atoms with Crippen LogP contribution in [0.25, 0.3) is 11.3 Å². The van der Waals surface area contributed by atoms with Gasteiger partial charge >= 0.3 is 6.18 Å². The highest BCUT2D eigenvalue weighted by molar-refractivity contribution is 5.58. The topological polar surface area (TPSA) is 100 Å². The molecule has 0 aliphatic carbocycles. The van der Waals surface area contributed by atoms with Gasteiger partial charge in [0, 0.05) is 24.8 Å². The van der Waals surface area contributed by atoms with Gasteiger partial charge in [-0.15, -0.1) is 10.2 Å². The van der Waals surface area contributed by atoms with Crippen LogP contribution in [0.5, 0.6) is 0 Å². The molecule has 2 saturated heterocycles. The maximum absolute atomic E-state index is 14.1. The summed E-state index contributed by atoms with van der Waals surface area (Å²) in [4.78, 5) is 0. The molecule has 3 unspecified atom stereocenters. The second kappa shape index (κ2) is 8.57. The maximum atomic E-state index is 14.1. The molecule has 5 rings (SSSR count). The molecule has 9 nitrogen and oxygen atoms in total. The van der Waals surface area contributed by atoms with Crippen LogP contribution in [-0.4, -0.2) is 73.3 Å². The predicted octanol–water partition coefficient (Wildman–Crippen LogP) is 2.18. The van der Waals surface area contributed by atoms with Crippen LogP contribution in [0.4, 0.5) is 26.3 Å². The monoisotopic (exact) mass is 504 g/mol. The van der Waals surface area contributed by atoms with E-state index in [-0.39, 0.29) is 30.0 Å². The summed E-state index contributed by atoms with van der Waals surface area (Å²) in [7, 11) is 0. The van der Waals surface area contributed by atoms with Crippen LogP contribution in [-0.2, 0) is 21.4 Å². The molecular formula is C20H18F6N6O3. The van der Waals surface area contributed by atoms with Crippen molar-refractivity contribution < 1.29 is 40.9 Å². The molecule has 1 aromatic carbocycles. The van der Waals surface area contributed by atoms with Gasteiger partial charge in [-0.2, -0.15) is 13.2 Å². The molecule has 2 aliphatic rings. The Balaban J connectivity index is 1.32. The van der Waals surface area contributed by atoms with Crippen LogP contribution in [0.15, 0.2) is 24.5 Å². The van der Waals surface area contributed by atoms with Crippen LogP contribution >= 0.6 is 0 Å². The Morgan fingerprint density at radius 3 is 2.51 bits per heavy atom. The van der Waals surface area contributed by atoms with Gasteiger partial charge in [0.2, 0.25) is 5.54 Å². The molecule has 2 aromatic heterocycles. The first-order valence-electron chi connectivity index (χ1n) is 10.5. The van der Waals surface area contributed by atoms with Crippen molar-refractivity contribution in [1.29, 1.82) is 0 Å². The third-order valence-corrected chi connectivity index (χ3v) is 6.28. The van der Waals surface area contributed by atoms with Crippen LogP contribution < -0.4 is 0 Å². The van der Waals surface area contributed by atoms with E-state index < -0.39 is 60.6 Å². The highest BCUT2D eigenvalue weighted by Gasteiger charge is 2.62. The van der Waals surface area contributed by atoms with E-state index in [0.717, 1.165) is 23.0 Å². The minimum Gasteiger partial charge on any atom is -0.388 e. The van der Waals surface area contributed by atoms with Gasteiger partial charge in [0.25, 0.3) is 0 Å². The lowest BCUT2D eigenvalue weighted by Gasteiger charge is -2.41. The lowest BCUT2D eigenvalue weighted by Crippen LogP contribution is -2.61. The molecule has 0 radical (unpaired) electrons. The number of hydrogen-bond acceptors (Lipinski definition) is 7. The number of alkyl halides is 3. The quantitative estimate of drug-likeness (QED) is 0.420. The summed E-state index contributed by atoms with van der Waals surface area (Å²) in [5, 5.41) is 25.9. The summed E-state index contributed by atoms with van der Waals surface area (Å²) in [5.74, 6) is -4.40. The fourth-order valence-electron chi connectivity index (χ4n) is 4.14. The maximum Gasteiger partial charge on any atom is 0.418 e. The predicted molar refractivity (Wildman–Crippen MR) is 103 cm³/mol. The van der Waals surface area contributed by atoms with Crippen molar-refractivity contribution in [2.24, 2.45) is 0 Å². The summed E-state index contributed by atoms with van der Waals surface area (Å²) >= 11 is 0. The average molecular weight is 504 g/mol. The number of ether oxygens (including phenoxy) is 2. The first-order chi connectivity index (χ1) is 16.6. The van der Waals surface area contributed by atoms with E-state index in [1.165, 1.54) is 10.9 Å². The Morgan fingerprint density at radius 2 is 1.83 bits per heavy atom. The van der Waals surface area contributed by atoms with Crippen molar-refractivity contribution in [2.75, 3.05) is 19.8 Å². The molecule has 4 heterocycles. The van der Waals surface area contributed by atoms with E-state index in [1.807, 2.05) is 0 Å². The molecule has 2 fully saturated rings. The van der Waals surface area contributed by atoms with Crippen molar-refractivity contribution in [3.63, 3.8) is 0 Å². The number of aromatic nitrogens is 6. The van der Waals surface area contributed by atoms with Gasteiger partial charge in [-0.1, -0.05) is 10.4 Å². The Morgan fingerprint density at radius 1 is 1.06 bits per heavy atom. The molecule has 188 valence electrons. The number of aliphatic hydroxyl groups is 1. The van der Waals surface area contributed by atoms with E-state index in [4.69, 9.17) is 9.47 Å². The van der Waals surface area contributed by atoms with Gasteiger partial charge in [0.05, 0.1) is 37.3 Å². The second-order valence-electron chi connectivity index (χ2n) is 8.44. The highest BCUT2D eigenvalue weighted by atomic mass is 19.4. The number of nitrogens with zero attached hydrogens (tertiary/aromatic N) is 6. The third kappa shape index (κ3) is 3.96. The lowest BCUT2D eigenvalue weighted by molar-refractivity contribution is -0.294. The van der Waals surface area contributed by atoms with Gasteiger partial charge in [0.15, 0.2) is 17.5 Å². The van der Waals surface area contributed by atoms with Gasteiger partial charge in [0.1, 0.15) is 11.8 Å². The smallest absolute Gasteiger partial charge is 0.388 e. The number of rotatable bonds is 5. The van der Waals surface area contributed by atoms with Gasteiger partial charge in [-0.25, -0.2) is 22.5 Å². The minimum atomic E-state index is -4.58. The zero-order valence-corrected chi connectivity index (χ0v) is 17.8. The minimum absolute atomic E-state index is 0.0359. The van der Waals surface area contributed by atoms with E-state index >= 15 is 0 Å². The molecule has 3 atom stereocenters. The van der Waals surface area contributed by atoms with Crippen LogP contribution in [0, 0.1) is 17.5 Å². The highest BCUT2D eigenvalue weighted by Crippen LogP contribution is 2.42. The Bertz CT molecular complexity index is 1230. The van der Waals surface area contributed by atoms with E-state index in [1.54, 1.807) is 0 Å². The molecule has 15 heteroatoms. The van der Waals surface area contributed by atoms with Gasteiger partial charge in [-0.05, 0) is 18.6 Å². The molecular weight excluding hydrogens is 486 g/mol. The van der Waals surface area contributed by atoms with Crippen molar-refractivity contribution in [3.05, 3.63) is 47.7 Å². The average Bonchev–Trinajstić information content (AvgIpc) is 3.42. The number of halogens is 6. The first-order valence-corrected chi connectivity index (χ1v) is 10.5. The molecule has 35 heavy (non-hydrogen) atoms. The number of hydrogen-bond donors (Lipinski definition) is 1. The van der Waals surface area contributed by atoms with Crippen molar-refractivity contribution in [1.82, 2.24) is 30.0 Å². The van der Waals surface area contributed by atoms with Gasteiger partial charge in [-0.3, -0.25) is 0 Å². The van der Waals surface area contributed by atoms with Crippen molar-refractivity contribution >= 4 is 0 Å². The molecule has 0 bridgehead atoms. The summed E-state index contributed by atoms with van der Waals surface area (Å²) in [6, 6.07) is 1.10. The van der Waals surface area contributed by atoms with Crippen molar-refractivity contribution in [2.45, 2.75) is 42.8 Å². The SMILES string of the molecule is OC1C(Cc2cn(C3(C(F)(F)F)COC3)nn2)OCCC1n1cc(-c2ccc(F)c(F)c2F)nn1. The largest absolute Gasteiger partial charge is 0.418 e. The fraction of sp³-hybridized carbons (Fsp3) is 0.500. The van der Waals surface area contributed by atoms with Gasteiger partial charge < -0.3 is 14.6 Å². The van der Waals surface area contributed by atoms with Crippen molar-refractivity contribution in [3.8, 4) is 11.3 Å². The molecule has 0 spiro atoms. The third-order valence-electron chi connectivity index (χ3n) is 6.28. The van der Waals surface area contributed by atoms with E-state index in [9.17, 15) is 31.4 Å². The van der Waals surface area contributed by atoms with Crippen LogP contribution in [0.1, 0.15) is 18.2 Å². The number of benzene rings is 1. The molecule has 0 saturated carbocycles. The lowest BCUT2D eigenvalue weighted by atomic mass is 9.96. The van der Waals surface area contributed by atoms with E-state index in [0.29, 0.717) is 6.42 Å². The summed E-state index contributed by atoms with van der Waals surface area (Å²) in [6.07, 6.45) is -3.93. The van der Waals surface area contributed by atoms with Crippen LogP contribution in [0.2, 0.25) is 0 Å². The van der Waals surface area contributed by atoms with E-state index in [2.05, 4.69) is 20.6 Å². The summed E-state index contributed by atoms with van der Waals surface area (Å²) < 4.78 is 93.7. The summed E-state index contributed by atoms with van der Waals surface area (Å²) in [5.41, 5.74) is -2.48. The Labute approximate surface area is 193 Å². The Hall–Kier alpha value is -3.04. The second-order valence-corrected chi connectivity index (χ2v) is 8.44. The molecule has 1 N–H and O–H groups in total. The zero-order valence-electron chi connectivity index (χ0n) is 17.8. The standard InChI is InChI=1S/C20H18F6N6O3/c21-12-2-1-11(16(22)17(12)23)13-7-31(29-28-13)14-3-4-35-15(18(14)33)5-10-6-32(30-27-10)19(8-34-9-19)20(24,25)26/h1-2,6-7,14-15,18,33H,3-5,8-9H2. The number of aliphatic hydroxyl groups excluding tert-OH is 1.